The van der Waals surface area contributed by atoms with Crippen molar-refractivity contribution in [1.29, 1.82) is 0 Å². The normalized spacial score (nSPS) is 20.4. The molecule has 4 rings (SSSR count). The molecule has 0 aromatic heterocycles. The number of aryl methyl sites for hydroxylation is 1. The fourth-order valence-corrected chi connectivity index (χ4v) is 4.04. The van der Waals surface area contributed by atoms with Crippen LogP contribution in [0.4, 0.5) is 23.7 Å². The second-order valence-electron chi connectivity index (χ2n) is 7.36. The Balaban J connectivity index is 1.45. The summed E-state index contributed by atoms with van der Waals surface area (Å²) in [6.45, 7) is -0.518. The van der Waals surface area contributed by atoms with Crippen LogP contribution in [0.5, 0.6) is 5.75 Å². The summed E-state index contributed by atoms with van der Waals surface area (Å²) < 4.78 is 40.5. The van der Waals surface area contributed by atoms with E-state index in [1.165, 1.54) is 12.1 Å². The molecule has 1 spiro atoms. The average molecular weight is 433 g/mol. The number of carbonyl (C=O) groups excluding carboxylic acids is 3. The van der Waals surface area contributed by atoms with Crippen molar-refractivity contribution in [3.05, 3.63) is 59.7 Å². The number of halogens is 3. The number of urea groups is 1. The summed E-state index contributed by atoms with van der Waals surface area (Å²) in [5.41, 5.74) is 0.741. The minimum absolute atomic E-state index is 0.198. The van der Waals surface area contributed by atoms with Gasteiger partial charge in [-0.1, -0.05) is 24.3 Å². The zero-order chi connectivity index (χ0) is 22.2. The van der Waals surface area contributed by atoms with Gasteiger partial charge in [0.05, 0.1) is 0 Å². The molecule has 31 heavy (non-hydrogen) atoms. The Labute approximate surface area is 175 Å². The molecule has 0 saturated carbocycles. The van der Waals surface area contributed by atoms with E-state index in [-0.39, 0.29) is 5.69 Å². The van der Waals surface area contributed by atoms with Crippen LogP contribution in [0, 0.1) is 0 Å². The van der Waals surface area contributed by atoms with Crippen LogP contribution < -0.4 is 15.4 Å². The van der Waals surface area contributed by atoms with Crippen LogP contribution in [0.2, 0.25) is 0 Å². The Morgan fingerprint density at radius 2 is 1.84 bits per heavy atom. The third kappa shape index (κ3) is 4.05. The number of amides is 4. The molecule has 10 heteroatoms. The minimum Gasteiger partial charge on any atom is -0.406 e. The van der Waals surface area contributed by atoms with Crippen LogP contribution in [0.1, 0.15) is 24.0 Å². The molecule has 1 aliphatic carbocycles. The van der Waals surface area contributed by atoms with E-state index in [1.54, 1.807) is 12.1 Å². The molecule has 4 amide bonds. The average Bonchev–Trinajstić information content (AvgIpc) is 2.93. The summed E-state index contributed by atoms with van der Waals surface area (Å²) in [7, 11) is 0. The van der Waals surface area contributed by atoms with Crippen LogP contribution in [-0.4, -0.2) is 35.7 Å². The van der Waals surface area contributed by atoms with Crippen molar-refractivity contribution in [2.45, 2.75) is 31.2 Å². The highest BCUT2D eigenvalue weighted by Gasteiger charge is 2.54. The summed E-state index contributed by atoms with van der Waals surface area (Å²) in [5.74, 6) is -1.58. The molecule has 1 aliphatic heterocycles. The maximum absolute atomic E-state index is 13.2. The number of hydrogen-bond acceptors (Lipinski definition) is 4. The Morgan fingerprint density at radius 1 is 1.13 bits per heavy atom. The monoisotopic (exact) mass is 433 g/mol. The Morgan fingerprint density at radius 3 is 2.55 bits per heavy atom. The Hall–Kier alpha value is -3.56. The van der Waals surface area contributed by atoms with Gasteiger partial charge in [-0.25, -0.2) is 4.79 Å². The van der Waals surface area contributed by atoms with Gasteiger partial charge in [0, 0.05) is 5.69 Å². The fraction of sp³-hybridized carbons (Fsp3) is 0.286. The molecule has 2 aromatic carbocycles. The van der Waals surface area contributed by atoms with Crippen molar-refractivity contribution < 1.29 is 32.3 Å². The number of hydrogen-bond donors (Lipinski definition) is 2. The first-order valence-electron chi connectivity index (χ1n) is 9.56. The second kappa shape index (κ2) is 7.60. The molecule has 1 atom stereocenters. The summed E-state index contributed by atoms with van der Waals surface area (Å²) in [6, 6.07) is 11.3. The number of nitrogens with zero attached hydrogens (tertiary/aromatic N) is 1. The summed E-state index contributed by atoms with van der Waals surface area (Å²) in [4.78, 5) is 38.9. The molecular formula is C21H18F3N3O4. The van der Waals surface area contributed by atoms with Crippen molar-refractivity contribution in [2.75, 3.05) is 11.9 Å². The predicted octanol–water partition coefficient (Wildman–Crippen LogP) is 3.31. The lowest BCUT2D eigenvalue weighted by Crippen LogP contribution is -2.47. The first-order valence-corrected chi connectivity index (χ1v) is 9.56. The van der Waals surface area contributed by atoms with Crippen molar-refractivity contribution in [2.24, 2.45) is 0 Å². The predicted molar refractivity (Wildman–Crippen MR) is 103 cm³/mol. The highest BCUT2D eigenvalue weighted by molar-refractivity contribution is 6.10. The first kappa shape index (κ1) is 20.7. The van der Waals surface area contributed by atoms with Crippen molar-refractivity contribution in [3.8, 4) is 5.75 Å². The first-order chi connectivity index (χ1) is 14.7. The van der Waals surface area contributed by atoms with Gasteiger partial charge in [-0.05, 0) is 54.7 Å². The van der Waals surface area contributed by atoms with Crippen molar-refractivity contribution in [1.82, 2.24) is 10.2 Å². The lowest BCUT2D eigenvalue weighted by atomic mass is 9.76. The summed E-state index contributed by atoms with van der Waals surface area (Å²) >= 11 is 0. The smallest absolute Gasteiger partial charge is 0.406 e. The molecular weight excluding hydrogens is 415 g/mol. The van der Waals surface area contributed by atoms with Gasteiger partial charge in [0.15, 0.2) is 0 Å². The Bertz CT molecular complexity index is 1040. The van der Waals surface area contributed by atoms with Gasteiger partial charge in [-0.15, -0.1) is 13.2 Å². The Kier molecular flexibility index (Phi) is 5.08. The van der Waals surface area contributed by atoms with Crippen LogP contribution in [0.3, 0.4) is 0 Å². The molecule has 0 unspecified atom stereocenters. The molecule has 162 valence electrons. The van der Waals surface area contributed by atoms with Gasteiger partial charge >= 0.3 is 12.4 Å². The van der Waals surface area contributed by atoms with E-state index in [1.807, 2.05) is 12.1 Å². The van der Waals surface area contributed by atoms with E-state index < -0.39 is 42.0 Å². The minimum atomic E-state index is -4.82. The van der Waals surface area contributed by atoms with E-state index in [0.29, 0.717) is 6.42 Å². The van der Waals surface area contributed by atoms with Gasteiger partial charge in [0.1, 0.15) is 17.8 Å². The number of fused-ring (bicyclic) bond motifs is 2. The lowest BCUT2D eigenvalue weighted by molar-refractivity contribution is -0.274. The zero-order valence-corrected chi connectivity index (χ0v) is 16.2. The second-order valence-corrected chi connectivity index (χ2v) is 7.36. The summed E-state index contributed by atoms with van der Waals surface area (Å²) in [5, 5.41) is 5.22. The van der Waals surface area contributed by atoms with Crippen LogP contribution in [0.15, 0.2) is 48.5 Å². The molecule has 0 radical (unpaired) electrons. The topological polar surface area (TPSA) is 87.7 Å². The number of carbonyl (C=O) groups is 3. The molecule has 2 aliphatic rings. The number of rotatable bonds is 4. The molecule has 1 saturated heterocycles. The number of anilines is 1. The van der Waals surface area contributed by atoms with E-state index in [4.69, 9.17) is 0 Å². The molecule has 1 fully saturated rings. The number of imide groups is 1. The van der Waals surface area contributed by atoms with Gasteiger partial charge < -0.3 is 15.4 Å². The highest BCUT2D eigenvalue weighted by atomic mass is 19.4. The quantitative estimate of drug-likeness (QED) is 0.725. The maximum Gasteiger partial charge on any atom is 0.573 e. The third-order valence-corrected chi connectivity index (χ3v) is 5.32. The number of nitrogens with one attached hydrogen (secondary N) is 2. The maximum atomic E-state index is 13.2. The van der Waals surface area contributed by atoms with E-state index in [0.717, 1.165) is 41.0 Å². The number of benzene rings is 2. The third-order valence-electron chi connectivity index (χ3n) is 5.32. The lowest BCUT2D eigenvalue weighted by Gasteiger charge is -2.33. The van der Waals surface area contributed by atoms with Crippen LogP contribution >= 0.6 is 0 Å². The van der Waals surface area contributed by atoms with Gasteiger partial charge in [-0.2, -0.15) is 0 Å². The van der Waals surface area contributed by atoms with Crippen LogP contribution in [-0.2, 0) is 21.5 Å². The molecule has 7 nitrogen and oxygen atoms in total. The molecule has 0 bridgehead atoms. The zero-order valence-electron chi connectivity index (χ0n) is 16.2. The SMILES string of the molecule is O=C(CN1C(=O)N[C@]2(CCCc3ccccc32)C1=O)Nc1ccc(OC(F)(F)F)cc1. The van der Waals surface area contributed by atoms with Crippen molar-refractivity contribution >= 4 is 23.5 Å². The highest BCUT2D eigenvalue weighted by Crippen LogP contribution is 2.39. The number of alkyl halides is 3. The standard InChI is InChI=1S/C21H18F3N3O4/c22-21(23,24)31-15-9-7-14(8-10-15)25-17(28)12-27-18(29)20(26-19(27)30)11-3-5-13-4-1-2-6-16(13)20/h1-2,4,6-10H,3,5,11-12H2,(H,25,28)(H,26,30)/t20-/m0/s1. The molecule has 2 N–H and O–H groups in total. The fourth-order valence-electron chi connectivity index (χ4n) is 4.04. The van der Waals surface area contributed by atoms with Gasteiger partial charge in [0.25, 0.3) is 5.91 Å². The van der Waals surface area contributed by atoms with E-state index in [9.17, 15) is 27.6 Å². The largest absolute Gasteiger partial charge is 0.573 e. The van der Waals surface area contributed by atoms with E-state index in [2.05, 4.69) is 15.4 Å². The van der Waals surface area contributed by atoms with E-state index >= 15 is 0 Å². The van der Waals surface area contributed by atoms with Gasteiger partial charge in [0.2, 0.25) is 5.91 Å². The number of ether oxygens (including phenoxy) is 1. The molecule has 1 heterocycles. The van der Waals surface area contributed by atoms with Crippen LogP contribution in [0.25, 0.3) is 0 Å². The van der Waals surface area contributed by atoms with Gasteiger partial charge in [-0.3, -0.25) is 14.5 Å². The van der Waals surface area contributed by atoms with Crippen molar-refractivity contribution in [3.63, 3.8) is 0 Å². The molecule has 2 aromatic rings. The summed E-state index contributed by atoms with van der Waals surface area (Å²) in [6.07, 6.45) is -2.86.